The lowest BCUT2D eigenvalue weighted by atomic mass is 10.1. The molecule has 0 fully saturated rings. The first-order valence-electron chi connectivity index (χ1n) is 7.03. The molecule has 0 saturated carbocycles. The Morgan fingerprint density at radius 2 is 1.86 bits per heavy atom. The van der Waals surface area contributed by atoms with Crippen LogP contribution in [0.3, 0.4) is 0 Å². The van der Waals surface area contributed by atoms with Gasteiger partial charge in [0.25, 0.3) is 0 Å². The number of anilines is 1. The van der Waals surface area contributed by atoms with E-state index in [1.54, 1.807) is 18.9 Å². The predicted molar refractivity (Wildman–Crippen MR) is 99.1 cm³/mol. The molecule has 3 nitrogen and oxygen atoms in total. The van der Waals surface area contributed by atoms with Crippen LogP contribution in [0.5, 0.6) is 5.75 Å². The zero-order valence-corrected chi connectivity index (χ0v) is 14.4. The Balaban J connectivity index is 1.80. The molecule has 5 heteroatoms. The molecule has 0 unspecified atom stereocenters. The molecule has 2 aromatic carbocycles. The van der Waals surface area contributed by atoms with Crippen molar-refractivity contribution in [2.45, 2.75) is 11.3 Å². The molecular formula is C17H20N2OS2. The summed E-state index contributed by atoms with van der Waals surface area (Å²) in [5.74, 6) is 0.877. The van der Waals surface area contributed by atoms with Crippen molar-refractivity contribution in [3.05, 3.63) is 54.1 Å². The number of para-hydroxylation sites is 1. The molecule has 116 valence electrons. The number of benzene rings is 2. The summed E-state index contributed by atoms with van der Waals surface area (Å²) in [6.45, 7) is 0.791. The lowest BCUT2D eigenvalue weighted by molar-refractivity contribution is 0.414. The van der Waals surface area contributed by atoms with E-state index in [0.29, 0.717) is 5.11 Å². The van der Waals surface area contributed by atoms with Gasteiger partial charge >= 0.3 is 0 Å². The molecule has 0 aromatic heterocycles. The molecule has 2 rings (SSSR count). The van der Waals surface area contributed by atoms with Crippen molar-refractivity contribution >= 4 is 34.8 Å². The zero-order valence-electron chi connectivity index (χ0n) is 12.8. The van der Waals surface area contributed by atoms with Gasteiger partial charge in [-0.3, -0.25) is 0 Å². The van der Waals surface area contributed by atoms with Crippen molar-refractivity contribution in [1.29, 1.82) is 0 Å². The van der Waals surface area contributed by atoms with Crippen LogP contribution in [-0.4, -0.2) is 25.0 Å². The Hall–Kier alpha value is -1.72. The molecule has 22 heavy (non-hydrogen) atoms. The minimum Gasteiger partial charge on any atom is -0.497 e. The van der Waals surface area contributed by atoms with Crippen LogP contribution in [0.25, 0.3) is 0 Å². The highest BCUT2D eigenvalue weighted by Crippen LogP contribution is 2.24. The largest absolute Gasteiger partial charge is 0.497 e. The average Bonchev–Trinajstić information content (AvgIpc) is 2.56. The molecule has 2 N–H and O–H groups in total. The lowest BCUT2D eigenvalue weighted by Gasteiger charge is -2.13. The average molecular weight is 332 g/mol. The number of methoxy groups -OCH3 is 1. The van der Waals surface area contributed by atoms with E-state index in [1.807, 2.05) is 30.3 Å². The van der Waals surface area contributed by atoms with Gasteiger partial charge in [0.15, 0.2) is 5.11 Å². The highest BCUT2D eigenvalue weighted by molar-refractivity contribution is 7.98. The van der Waals surface area contributed by atoms with Crippen molar-refractivity contribution in [2.24, 2.45) is 0 Å². The summed E-state index contributed by atoms with van der Waals surface area (Å²) in [5, 5.41) is 7.13. The minimum absolute atomic E-state index is 0.648. The van der Waals surface area contributed by atoms with Gasteiger partial charge < -0.3 is 15.4 Å². The van der Waals surface area contributed by atoms with Gasteiger partial charge in [-0.05, 0) is 54.7 Å². The Morgan fingerprint density at radius 1 is 1.14 bits per heavy atom. The standard InChI is InChI=1S/C17H20N2OS2/c1-20-14-9-7-13(8-10-14)11-12-18-17(21)19-15-5-3-4-6-16(15)22-2/h3-10H,11-12H2,1-2H3,(H2,18,19,21). The Labute approximate surface area is 141 Å². The maximum Gasteiger partial charge on any atom is 0.170 e. The summed E-state index contributed by atoms with van der Waals surface area (Å²) in [5.41, 5.74) is 2.29. The van der Waals surface area contributed by atoms with Crippen LogP contribution in [0.1, 0.15) is 5.56 Å². The zero-order chi connectivity index (χ0) is 15.8. The Morgan fingerprint density at radius 3 is 2.55 bits per heavy atom. The maximum atomic E-state index is 5.35. The molecule has 0 saturated heterocycles. The van der Waals surface area contributed by atoms with E-state index in [4.69, 9.17) is 17.0 Å². The second-order valence-corrected chi connectivity index (χ2v) is 5.94. The smallest absolute Gasteiger partial charge is 0.170 e. The number of thiocarbonyl (C=S) groups is 1. The van der Waals surface area contributed by atoms with E-state index in [9.17, 15) is 0 Å². The molecule has 2 aromatic rings. The minimum atomic E-state index is 0.648. The number of thioether (sulfide) groups is 1. The molecule has 0 spiro atoms. The fourth-order valence-electron chi connectivity index (χ4n) is 2.03. The fourth-order valence-corrected chi connectivity index (χ4v) is 2.79. The molecule has 0 aliphatic rings. The molecule has 0 aliphatic heterocycles. The molecule has 0 bridgehead atoms. The monoisotopic (exact) mass is 332 g/mol. The van der Waals surface area contributed by atoms with Gasteiger partial charge in [-0.2, -0.15) is 0 Å². The first-order valence-corrected chi connectivity index (χ1v) is 8.67. The summed E-state index contributed by atoms with van der Waals surface area (Å²) in [4.78, 5) is 1.18. The van der Waals surface area contributed by atoms with Crippen molar-refractivity contribution in [2.75, 3.05) is 25.2 Å². The first-order chi connectivity index (χ1) is 10.7. The van der Waals surface area contributed by atoms with Gasteiger partial charge in [0.05, 0.1) is 12.8 Å². The normalized spacial score (nSPS) is 10.1. The third-order valence-electron chi connectivity index (χ3n) is 3.21. The van der Waals surface area contributed by atoms with Gasteiger partial charge in [-0.25, -0.2) is 0 Å². The molecule has 0 radical (unpaired) electrons. The van der Waals surface area contributed by atoms with Gasteiger partial charge in [-0.15, -0.1) is 11.8 Å². The summed E-state index contributed by atoms with van der Waals surface area (Å²) in [6.07, 6.45) is 2.97. The van der Waals surface area contributed by atoms with Crippen LogP contribution < -0.4 is 15.4 Å². The van der Waals surface area contributed by atoms with Crippen molar-refractivity contribution in [3.63, 3.8) is 0 Å². The van der Waals surface area contributed by atoms with Crippen LogP contribution in [0.4, 0.5) is 5.69 Å². The highest BCUT2D eigenvalue weighted by Gasteiger charge is 2.02. The van der Waals surface area contributed by atoms with E-state index >= 15 is 0 Å². The van der Waals surface area contributed by atoms with Crippen LogP contribution in [0, 0.1) is 0 Å². The van der Waals surface area contributed by atoms with Gasteiger partial charge in [0, 0.05) is 11.4 Å². The predicted octanol–water partition coefficient (Wildman–Crippen LogP) is 3.95. The SMILES string of the molecule is COc1ccc(CCNC(=S)Nc2ccccc2SC)cc1. The van der Waals surface area contributed by atoms with Crippen LogP contribution in [0.15, 0.2) is 53.4 Å². The second kappa shape index (κ2) is 8.66. The van der Waals surface area contributed by atoms with Crippen molar-refractivity contribution in [1.82, 2.24) is 5.32 Å². The van der Waals surface area contributed by atoms with Crippen molar-refractivity contribution in [3.8, 4) is 5.75 Å². The number of hydrogen-bond donors (Lipinski definition) is 2. The first kappa shape index (κ1) is 16.6. The van der Waals surface area contributed by atoms with Crippen molar-refractivity contribution < 1.29 is 4.74 Å². The number of nitrogens with one attached hydrogen (secondary N) is 2. The topological polar surface area (TPSA) is 33.3 Å². The maximum absolute atomic E-state index is 5.35. The summed E-state index contributed by atoms with van der Waals surface area (Å²) < 4.78 is 5.15. The number of ether oxygens (including phenoxy) is 1. The van der Waals surface area contributed by atoms with E-state index in [-0.39, 0.29) is 0 Å². The van der Waals surface area contributed by atoms with Gasteiger partial charge in [-0.1, -0.05) is 24.3 Å². The van der Waals surface area contributed by atoms with E-state index < -0.39 is 0 Å². The van der Waals surface area contributed by atoms with Gasteiger partial charge in [0.1, 0.15) is 5.75 Å². The van der Waals surface area contributed by atoms with E-state index in [1.165, 1.54) is 10.5 Å². The van der Waals surface area contributed by atoms with Crippen LogP contribution >= 0.6 is 24.0 Å². The van der Waals surface area contributed by atoms with E-state index in [2.05, 4.69) is 35.1 Å². The van der Waals surface area contributed by atoms with Crippen LogP contribution in [-0.2, 0) is 6.42 Å². The van der Waals surface area contributed by atoms with Crippen LogP contribution in [0.2, 0.25) is 0 Å². The Bertz CT molecular complexity index is 614. The number of rotatable bonds is 6. The Kier molecular flexibility index (Phi) is 6.55. The molecule has 0 amide bonds. The molecule has 0 heterocycles. The molecule has 0 aliphatic carbocycles. The fraction of sp³-hybridized carbons (Fsp3) is 0.235. The van der Waals surface area contributed by atoms with E-state index in [0.717, 1.165) is 24.4 Å². The number of hydrogen-bond acceptors (Lipinski definition) is 3. The quantitative estimate of drug-likeness (QED) is 0.618. The highest BCUT2D eigenvalue weighted by atomic mass is 32.2. The van der Waals surface area contributed by atoms with Gasteiger partial charge in [0.2, 0.25) is 0 Å². The lowest BCUT2D eigenvalue weighted by Crippen LogP contribution is -2.30. The summed E-state index contributed by atoms with van der Waals surface area (Å²) in [6, 6.07) is 16.2. The molecular weight excluding hydrogens is 312 g/mol. The molecule has 0 atom stereocenters. The summed E-state index contributed by atoms with van der Waals surface area (Å²) in [7, 11) is 1.67. The third-order valence-corrected chi connectivity index (χ3v) is 4.26. The third kappa shape index (κ3) is 4.93. The summed E-state index contributed by atoms with van der Waals surface area (Å²) >= 11 is 7.05. The second-order valence-electron chi connectivity index (χ2n) is 4.68.